The van der Waals surface area contributed by atoms with Crippen molar-refractivity contribution in [3.63, 3.8) is 0 Å². The van der Waals surface area contributed by atoms with E-state index in [2.05, 4.69) is 93.7 Å². The Morgan fingerprint density at radius 1 is 0.323 bits per heavy atom. The first-order chi connectivity index (χ1) is 32.0. The maximum atomic E-state index is 12.8. The summed E-state index contributed by atoms with van der Waals surface area (Å²) >= 11 is 0. The van der Waals surface area contributed by atoms with Crippen molar-refractivity contribution in [2.45, 2.75) is 271 Å². The average molecular weight is 907 g/mol. The second-order valence-corrected chi connectivity index (χ2v) is 18.1. The first-order valence-electron chi connectivity index (χ1n) is 27.4. The predicted octanol–water partition coefficient (Wildman–Crippen LogP) is 18.2. The fraction of sp³-hybridized carbons (Fsp3) is 0.746. The van der Waals surface area contributed by atoms with Crippen molar-refractivity contribution in [2.75, 3.05) is 13.2 Å². The van der Waals surface area contributed by atoms with Gasteiger partial charge in [-0.1, -0.05) is 209 Å². The van der Waals surface area contributed by atoms with E-state index in [1.807, 2.05) is 0 Å². The van der Waals surface area contributed by atoms with Crippen LogP contribution in [-0.4, -0.2) is 37.2 Å². The number of carbonyl (C=O) groups excluding carboxylic acids is 3. The second kappa shape index (κ2) is 53.5. The smallest absolute Gasteiger partial charge is 0.306 e. The Bertz CT molecular complexity index is 1230. The highest BCUT2D eigenvalue weighted by atomic mass is 16.6. The third-order valence-corrected chi connectivity index (χ3v) is 11.7. The molecule has 0 radical (unpaired) electrons. The molecule has 0 amide bonds. The number of carbonyl (C=O) groups is 3. The van der Waals surface area contributed by atoms with Gasteiger partial charge in [0.05, 0.1) is 0 Å². The van der Waals surface area contributed by atoms with E-state index < -0.39 is 6.10 Å². The molecule has 6 nitrogen and oxygen atoms in total. The number of hydrogen-bond donors (Lipinski definition) is 0. The van der Waals surface area contributed by atoms with Gasteiger partial charge in [-0.05, 0) is 109 Å². The molecule has 0 N–H and O–H groups in total. The summed E-state index contributed by atoms with van der Waals surface area (Å²) in [5.41, 5.74) is 0. The van der Waals surface area contributed by atoms with Crippen LogP contribution in [-0.2, 0) is 28.6 Å². The molecule has 0 aromatic rings. The maximum absolute atomic E-state index is 12.8. The van der Waals surface area contributed by atoms with Crippen LogP contribution in [0.5, 0.6) is 0 Å². The molecule has 0 aromatic carbocycles. The first-order valence-corrected chi connectivity index (χ1v) is 27.4. The summed E-state index contributed by atoms with van der Waals surface area (Å²) in [4.78, 5) is 38.1. The van der Waals surface area contributed by atoms with Crippen LogP contribution >= 0.6 is 0 Å². The van der Waals surface area contributed by atoms with Gasteiger partial charge < -0.3 is 14.2 Å². The molecular formula is C59H102O6. The van der Waals surface area contributed by atoms with Crippen LogP contribution in [0.1, 0.15) is 265 Å². The number of esters is 3. The lowest BCUT2D eigenvalue weighted by atomic mass is 10.1. The quantitative estimate of drug-likeness (QED) is 0.0262. The van der Waals surface area contributed by atoms with E-state index in [9.17, 15) is 14.4 Å². The SMILES string of the molecule is CC/C=C\C/C=C\C/C=C\C/C=C\CCCCCCC(=O)OCC(COC(=O)CCCCCCC/C=C\CCCCCC)OC(=O)CCCCCCCCC/C=C\CCCCCCCC. The van der Waals surface area contributed by atoms with Crippen LogP contribution in [0.15, 0.2) is 72.9 Å². The van der Waals surface area contributed by atoms with Crippen molar-refractivity contribution < 1.29 is 28.6 Å². The van der Waals surface area contributed by atoms with Crippen molar-refractivity contribution in [1.29, 1.82) is 0 Å². The van der Waals surface area contributed by atoms with E-state index in [-0.39, 0.29) is 31.1 Å². The minimum atomic E-state index is -0.791. The van der Waals surface area contributed by atoms with Crippen LogP contribution in [0.2, 0.25) is 0 Å². The molecule has 0 aliphatic carbocycles. The molecule has 0 aliphatic heterocycles. The molecule has 0 bridgehead atoms. The normalized spacial score (nSPS) is 12.6. The molecular weight excluding hydrogens is 805 g/mol. The van der Waals surface area contributed by atoms with Crippen LogP contribution in [0.4, 0.5) is 0 Å². The summed E-state index contributed by atoms with van der Waals surface area (Å²) in [7, 11) is 0. The molecule has 0 saturated carbocycles. The van der Waals surface area contributed by atoms with E-state index in [1.165, 1.54) is 122 Å². The first kappa shape index (κ1) is 61.9. The van der Waals surface area contributed by atoms with Crippen LogP contribution in [0.25, 0.3) is 0 Å². The largest absolute Gasteiger partial charge is 0.462 e. The van der Waals surface area contributed by atoms with Gasteiger partial charge in [0.2, 0.25) is 0 Å². The van der Waals surface area contributed by atoms with Crippen LogP contribution in [0.3, 0.4) is 0 Å². The Labute approximate surface area is 402 Å². The Morgan fingerprint density at radius 2 is 0.600 bits per heavy atom. The van der Waals surface area contributed by atoms with Gasteiger partial charge in [0.15, 0.2) is 6.10 Å². The molecule has 1 unspecified atom stereocenters. The van der Waals surface area contributed by atoms with E-state index in [0.29, 0.717) is 19.3 Å². The van der Waals surface area contributed by atoms with Gasteiger partial charge in [0.1, 0.15) is 13.2 Å². The predicted molar refractivity (Wildman–Crippen MR) is 279 cm³/mol. The average Bonchev–Trinajstić information content (AvgIpc) is 3.30. The maximum Gasteiger partial charge on any atom is 0.306 e. The molecule has 0 fully saturated rings. The lowest BCUT2D eigenvalue weighted by molar-refractivity contribution is -0.167. The Hall–Kier alpha value is -3.15. The Morgan fingerprint density at radius 3 is 0.969 bits per heavy atom. The second-order valence-electron chi connectivity index (χ2n) is 18.1. The molecule has 0 heterocycles. The Kier molecular flexibility index (Phi) is 50.9. The van der Waals surface area contributed by atoms with Gasteiger partial charge in [-0.15, -0.1) is 0 Å². The number of unbranched alkanes of at least 4 members (excludes halogenated alkanes) is 26. The summed E-state index contributed by atoms with van der Waals surface area (Å²) in [5, 5.41) is 0. The molecule has 1 atom stereocenters. The third kappa shape index (κ3) is 51.7. The van der Waals surface area contributed by atoms with Gasteiger partial charge in [0.25, 0.3) is 0 Å². The molecule has 0 aliphatic rings. The van der Waals surface area contributed by atoms with Crippen LogP contribution < -0.4 is 0 Å². The zero-order valence-corrected chi connectivity index (χ0v) is 42.7. The van der Waals surface area contributed by atoms with E-state index in [0.717, 1.165) is 103 Å². The molecule has 0 rings (SSSR count). The minimum Gasteiger partial charge on any atom is -0.462 e. The summed E-state index contributed by atoms with van der Waals surface area (Å²) in [6.45, 7) is 6.48. The summed E-state index contributed by atoms with van der Waals surface area (Å²) in [6.07, 6.45) is 67.4. The molecule has 65 heavy (non-hydrogen) atoms. The van der Waals surface area contributed by atoms with Crippen molar-refractivity contribution >= 4 is 17.9 Å². The number of allylic oxidation sites excluding steroid dienone is 12. The molecule has 0 saturated heterocycles. The minimum absolute atomic E-state index is 0.0891. The fourth-order valence-corrected chi connectivity index (χ4v) is 7.54. The number of ether oxygens (including phenoxy) is 3. The summed E-state index contributed by atoms with van der Waals surface area (Å²) < 4.78 is 16.8. The van der Waals surface area contributed by atoms with Gasteiger partial charge in [-0.25, -0.2) is 0 Å². The number of rotatable bonds is 49. The molecule has 0 aromatic heterocycles. The van der Waals surface area contributed by atoms with E-state index in [4.69, 9.17) is 14.2 Å². The van der Waals surface area contributed by atoms with Crippen molar-refractivity contribution in [2.24, 2.45) is 0 Å². The monoisotopic (exact) mass is 907 g/mol. The zero-order chi connectivity index (χ0) is 47.2. The van der Waals surface area contributed by atoms with Crippen LogP contribution in [0, 0.1) is 0 Å². The van der Waals surface area contributed by atoms with Gasteiger partial charge in [0, 0.05) is 19.3 Å². The van der Waals surface area contributed by atoms with Gasteiger partial charge in [-0.3, -0.25) is 14.4 Å². The summed E-state index contributed by atoms with van der Waals surface area (Å²) in [5.74, 6) is -0.921. The van der Waals surface area contributed by atoms with Crippen molar-refractivity contribution in [1.82, 2.24) is 0 Å². The van der Waals surface area contributed by atoms with E-state index >= 15 is 0 Å². The third-order valence-electron chi connectivity index (χ3n) is 11.7. The highest BCUT2D eigenvalue weighted by molar-refractivity contribution is 5.71. The van der Waals surface area contributed by atoms with Crippen molar-refractivity contribution in [3.8, 4) is 0 Å². The molecule has 374 valence electrons. The number of hydrogen-bond acceptors (Lipinski definition) is 6. The highest BCUT2D eigenvalue weighted by Gasteiger charge is 2.19. The lowest BCUT2D eigenvalue weighted by Gasteiger charge is -2.18. The highest BCUT2D eigenvalue weighted by Crippen LogP contribution is 2.14. The molecule has 6 heteroatoms. The van der Waals surface area contributed by atoms with Gasteiger partial charge >= 0.3 is 17.9 Å². The molecule has 0 spiro atoms. The fourth-order valence-electron chi connectivity index (χ4n) is 7.54. The lowest BCUT2D eigenvalue weighted by Crippen LogP contribution is -2.30. The van der Waals surface area contributed by atoms with E-state index in [1.54, 1.807) is 0 Å². The van der Waals surface area contributed by atoms with Gasteiger partial charge in [-0.2, -0.15) is 0 Å². The summed E-state index contributed by atoms with van der Waals surface area (Å²) in [6, 6.07) is 0. The standard InChI is InChI=1S/C59H102O6/c1-4-7-10-13-16-19-22-25-27-29-31-34-37-40-43-46-49-52-58(61)64-55-56(54-63-57(60)51-48-45-42-39-36-33-24-21-18-15-12-9-6-3)65-59(62)53-50-47-44-41-38-35-32-30-28-26-23-20-17-14-11-8-5-2/h7,10,16,19,21,24-28,31,34,56H,4-6,8-9,11-15,17-18,20,22-23,29-30,32-33,35-55H2,1-3H3/b10-7-,19-16-,24-21-,27-25-,28-26-,34-31-. The Balaban J connectivity index is 4.43. The topological polar surface area (TPSA) is 78.9 Å². The zero-order valence-electron chi connectivity index (χ0n) is 42.7. The van der Waals surface area contributed by atoms with Crippen molar-refractivity contribution in [3.05, 3.63) is 72.9 Å².